The zero-order chi connectivity index (χ0) is 13.1. The summed E-state index contributed by atoms with van der Waals surface area (Å²) >= 11 is 5.69. The predicted molar refractivity (Wildman–Crippen MR) is 85.3 cm³/mol. The summed E-state index contributed by atoms with van der Waals surface area (Å²) < 4.78 is 15.0. The van der Waals surface area contributed by atoms with Gasteiger partial charge in [-0.25, -0.2) is 4.39 Å². The Hall–Kier alpha value is -0.620. The lowest BCUT2D eigenvalue weighted by Gasteiger charge is -2.18. The van der Waals surface area contributed by atoms with E-state index in [0.717, 1.165) is 15.7 Å². The van der Waals surface area contributed by atoms with Crippen LogP contribution in [0.2, 0.25) is 0 Å². The van der Waals surface area contributed by atoms with E-state index in [9.17, 15) is 4.39 Å². The van der Waals surface area contributed by atoms with Crippen molar-refractivity contribution in [3.05, 3.63) is 61.9 Å². The SMILES string of the molecule is CC(Nc1ccccc1I)c1ccc(F)cc1Br. The zero-order valence-corrected chi connectivity index (χ0v) is 13.5. The van der Waals surface area contributed by atoms with Gasteiger partial charge in [0.25, 0.3) is 0 Å². The molecule has 2 aromatic carbocycles. The summed E-state index contributed by atoms with van der Waals surface area (Å²) in [5, 5.41) is 3.43. The fraction of sp³-hybridized carbons (Fsp3) is 0.143. The quantitative estimate of drug-likeness (QED) is 0.660. The van der Waals surface area contributed by atoms with Crippen molar-refractivity contribution in [2.24, 2.45) is 0 Å². The van der Waals surface area contributed by atoms with Gasteiger partial charge in [0.05, 0.1) is 0 Å². The van der Waals surface area contributed by atoms with Crippen LogP contribution in [-0.2, 0) is 0 Å². The Morgan fingerprint density at radius 3 is 2.61 bits per heavy atom. The van der Waals surface area contributed by atoms with Crippen LogP contribution in [0.5, 0.6) is 0 Å². The highest BCUT2D eigenvalue weighted by molar-refractivity contribution is 14.1. The third-order valence-corrected chi connectivity index (χ3v) is 4.30. The molecule has 0 aliphatic rings. The van der Waals surface area contributed by atoms with Crippen molar-refractivity contribution in [2.75, 3.05) is 5.32 Å². The molecule has 0 fully saturated rings. The number of benzene rings is 2. The van der Waals surface area contributed by atoms with Crippen molar-refractivity contribution in [2.45, 2.75) is 13.0 Å². The van der Waals surface area contributed by atoms with Crippen LogP contribution in [0.15, 0.2) is 46.9 Å². The van der Waals surface area contributed by atoms with E-state index in [1.807, 2.05) is 18.2 Å². The highest BCUT2D eigenvalue weighted by atomic mass is 127. The van der Waals surface area contributed by atoms with E-state index in [1.54, 1.807) is 6.07 Å². The number of rotatable bonds is 3. The molecule has 1 unspecified atom stereocenters. The van der Waals surface area contributed by atoms with Gasteiger partial charge in [0.2, 0.25) is 0 Å². The molecule has 0 aliphatic heterocycles. The van der Waals surface area contributed by atoms with E-state index in [2.05, 4.69) is 56.8 Å². The number of anilines is 1. The fourth-order valence-electron chi connectivity index (χ4n) is 1.74. The maximum Gasteiger partial charge on any atom is 0.124 e. The van der Waals surface area contributed by atoms with E-state index < -0.39 is 0 Å². The van der Waals surface area contributed by atoms with Crippen molar-refractivity contribution in [3.63, 3.8) is 0 Å². The molecule has 0 radical (unpaired) electrons. The minimum Gasteiger partial charge on any atom is -0.378 e. The molecule has 0 aliphatic carbocycles. The lowest BCUT2D eigenvalue weighted by molar-refractivity contribution is 0.625. The molecule has 0 aromatic heterocycles. The van der Waals surface area contributed by atoms with Crippen LogP contribution in [0.3, 0.4) is 0 Å². The lowest BCUT2D eigenvalue weighted by Crippen LogP contribution is -2.08. The third-order valence-electron chi connectivity index (χ3n) is 2.67. The van der Waals surface area contributed by atoms with Crippen LogP contribution < -0.4 is 5.32 Å². The van der Waals surface area contributed by atoms with Gasteiger partial charge in [-0.3, -0.25) is 0 Å². The summed E-state index contributed by atoms with van der Waals surface area (Å²) in [4.78, 5) is 0. The first kappa shape index (κ1) is 13.8. The normalized spacial score (nSPS) is 12.2. The zero-order valence-electron chi connectivity index (χ0n) is 9.75. The topological polar surface area (TPSA) is 12.0 Å². The molecule has 0 saturated carbocycles. The maximum absolute atomic E-state index is 13.1. The largest absolute Gasteiger partial charge is 0.378 e. The molecule has 1 atom stereocenters. The third kappa shape index (κ3) is 3.23. The van der Waals surface area contributed by atoms with Gasteiger partial charge >= 0.3 is 0 Å². The molecule has 0 saturated heterocycles. The van der Waals surface area contributed by atoms with Gasteiger partial charge in [0, 0.05) is 19.8 Å². The Bertz CT molecular complexity index is 559. The van der Waals surface area contributed by atoms with Crippen LogP contribution in [0.25, 0.3) is 0 Å². The van der Waals surface area contributed by atoms with Gasteiger partial charge in [-0.05, 0) is 59.3 Å². The van der Waals surface area contributed by atoms with Crippen molar-refractivity contribution in [1.29, 1.82) is 0 Å². The summed E-state index contributed by atoms with van der Waals surface area (Å²) in [5.74, 6) is -0.230. The Morgan fingerprint density at radius 2 is 1.94 bits per heavy atom. The molecule has 2 rings (SSSR count). The molecule has 4 heteroatoms. The number of hydrogen-bond acceptors (Lipinski definition) is 1. The second-order valence-electron chi connectivity index (χ2n) is 4.01. The van der Waals surface area contributed by atoms with Crippen molar-refractivity contribution in [1.82, 2.24) is 0 Å². The highest BCUT2D eigenvalue weighted by Gasteiger charge is 2.11. The number of para-hydroxylation sites is 1. The van der Waals surface area contributed by atoms with Crippen LogP contribution in [-0.4, -0.2) is 0 Å². The van der Waals surface area contributed by atoms with E-state index in [-0.39, 0.29) is 11.9 Å². The minimum atomic E-state index is -0.230. The van der Waals surface area contributed by atoms with Crippen LogP contribution in [0.1, 0.15) is 18.5 Å². The van der Waals surface area contributed by atoms with Crippen molar-refractivity contribution in [3.8, 4) is 0 Å². The first-order valence-corrected chi connectivity index (χ1v) is 7.41. The molecule has 2 aromatic rings. The second-order valence-corrected chi connectivity index (χ2v) is 6.03. The van der Waals surface area contributed by atoms with Gasteiger partial charge in [-0.1, -0.05) is 34.1 Å². The highest BCUT2D eigenvalue weighted by Crippen LogP contribution is 2.28. The minimum absolute atomic E-state index is 0.107. The monoisotopic (exact) mass is 419 g/mol. The Morgan fingerprint density at radius 1 is 1.22 bits per heavy atom. The average molecular weight is 420 g/mol. The molecule has 0 spiro atoms. The first-order chi connectivity index (χ1) is 8.58. The van der Waals surface area contributed by atoms with Crippen LogP contribution in [0.4, 0.5) is 10.1 Å². The number of halogens is 3. The molecule has 94 valence electrons. The number of hydrogen-bond donors (Lipinski definition) is 1. The molecular formula is C14H12BrFIN. The summed E-state index contributed by atoms with van der Waals surface area (Å²) in [6, 6.07) is 13.0. The fourth-order valence-corrected chi connectivity index (χ4v) is 2.98. The van der Waals surface area contributed by atoms with Gasteiger partial charge in [0.1, 0.15) is 5.82 Å². The predicted octanol–water partition coefficient (Wildman–Crippen LogP) is 5.37. The van der Waals surface area contributed by atoms with Gasteiger partial charge in [0.15, 0.2) is 0 Å². The summed E-state index contributed by atoms with van der Waals surface area (Å²) in [7, 11) is 0. The maximum atomic E-state index is 13.1. The second kappa shape index (κ2) is 6.02. The molecule has 18 heavy (non-hydrogen) atoms. The standard InChI is InChI=1S/C14H12BrFIN/c1-9(11-7-6-10(16)8-12(11)15)18-14-5-3-2-4-13(14)17/h2-9,18H,1H3. The molecule has 0 heterocycles. The summed E-state index contributed by atoms with van der Waals surface area (Å²) in [6.45, 7) is 2.06. The van der Waals surface area contributed by atoms with Crippen molar-refractivity contribution >= 4 is 44.2 Å². The van der Waals surface area contributed by atoms with E-state index in [0.29, 0.717) is 0 Å². The molecular weight excluding hydrogens is 408 g/mol. The van der Waals surface area contributed by atoms with Gasteiger partial charge in [-0.15, -0.1) is 0 Å². The molecule has 1 nitrogen and oxygen atoms in total. The van der Waals surface area contributed by atoms with Gasteiger partial charge < -0.3 is 5.32 Å². The van der Waals surface area contributed by atoms with Gasteiger partial charge in [-0.2, -0.15) is 0 Å². The smallest absolute Gasteiger partial charge is 0.124 e. The van der Waals surface area contributed by atoms with Crippen LogP contribution in [0, 0.1) is 9.39 Å². The lowest BCUT2D eigenvalue weighted by atomic mass is 10.1. The Balaban J connectivity index is 2.22. The molecule has 0 amide bonds. The van der Waals surface area contributed by atoms with E-state index >= 15 is 0 Å². The van der Waals surface area contributed by atoms with Crippen LogP contribution >= 0.6 is 38.5 Å². The Labute approximate surface area is 128 Å². The van der Waals surface area contributed by atoms with E-state index in [4.69, 9.17) is 0 Å². The first-order valence-electron chi connectivity index (χ1n) is 5.54. The average Bonchev–Trinajstić information content (AvgIpc) is 2.32. The summed E-state index contributed by atoms with van der Waals surface area (Å²) in [6.07, 6.45) is 0. The summed E-state index contributed by atoms with van der Waals surface area (Å²) in [5.41, 5.74) is 2.12. The van der Waals surface area contributed by atoms with Crippen molar-refractivity contribution < 1.29 is 4.39 Å². The van der Waals surface area contributed by atoms with E-state index in [1.165, 1.54) is 15.7 Å². The molecule has 1 N–H and O–H groups in total. The number of nitrogens with one attached hydrogen (secondary N) is 1. The molecule has 0 bridgehead atoms. The Kier molecular flexibility index (Phi) is 4.61.